The van der Waals surface area contributed by atoms with Gasteiger partial charge in [0.05, 0.1) is 0 Å². The molecule has 2 nitrogen and oxygen atoms in total. The van der Waals surface area contributed by atoms with Crippen LogP contribution in [0.3, 0.4) is 0 Å². The topological polar surface area (TPSA) is 24.1 Å². The van der Waals surface area contributed by atoms with Gasteiger partial charge in [0.15, 0.2) is 0 Å². The van der Waals surface area contributed by atoms with Gasteiger partial charge in [-0.05, 0) is 61.1 Å². The van der Waals surface area contributed by atoms with Gasteiger partial charge in [-0.2, -0.15) is 0 Å². The average Bonchev–Trinajstić information content (AvgIpc) is 2.06. The van der Waals surface area contributed by atoms with Crippen LogP contribution in [0.15, 0.2) is 0 Å². The fourth-order valence-electron chi connectivity index (χ4n) is 1.02. The summed E-state index contributed by atoms with van der Waals surface area (Å²) in [4.78, 5) is 0. The molecule has 0 rings (SSSR count). The number of nitrogens with one attached hydrogen (secondary N) is 2. The fourth-order valence-corrected chi connectivity index (χ4v) is 1.02. The van der Waals surface area contributed by atoms with Crippen molar-refractivity contribution < 1.29 is 51.6 Å². The zero-order valence-electron chi connectivity index (χ0n) is 14.6. The van der Waals surface area contributed by atoms with E-state index in [1.807, 2.05) is 0 Å². The maximum Gasteiger partial charge on any atom is 2.00 e. The summed E-state index contributed by atoms with van der Waals surface area (Å²) in [6, 6.07) is 0. The molecule has 0 amide bonds. The van der Waals surface area contributed by atoms with E-state index in [0.29, 0.717) is 0 Å². The van der Waals surface area contributed by atoms with Crippen molar-refractivity contribution in [3.05, 3.63) is 0 Å². The van der Waals surface area contributed by atoms with Gasteiger partial charge in [-0.1, -0.05) is 0 Å². The van der Waals surface area contributed by atoms with E-state index >= 15 is 0 Å². The smallest absolute Gasteiger partial charge is 0.418 e. The van der Waals surface area contributed by atoms with E-state index in [0.717, 1.165) is 13.1 Å². The predicted molar refractivity (Wildman–Crippen MR) is 80.5 cm³/mol. The molecule has 0 saturated carbocycles. The van der Waals surface area contributed by atoms with Crippen LogP contribution >= 0.6 is 0 Å². The molecule has 0 fully saturated rings. The molecule has 0 aromatic heterocycles. The molecule has 0 aliphatic heterocycles. The summed E-state index contributed by atoms with van der Waals surface area (Å²) in [6.07, 6.45) is 1.19. The third-order valence-electron chi connectivity index (χ3n) is 1.66. The average molecular weight is 423 g/mol. The largest absolute Gasteiger partial charge is 2.00 e. The minimum Gasteiger partial charge on any atom is -0.418 e. The minimum atomic E-state index is -6.00. The summed E-state index contributed by atoms with van der Waals surface area (Å²) in [5.74, 6) is 0. The number of hydrogen-bond acceptors (Lipinski definition) is 2. The molecule has 0 bridgehead atoms. The summed E-state index contributed by atoms with van der Waals surface area (Å²) in [5, 5.41) is 6.94. The van der Waals surface area contributed by atoms with E-state index in [9.17, 15) is 34.5 Å². The molecular weight excluding hydrogens is 397 g/mol. The fraction of sp³-hybridized carbons (Fsp3) is 1.00. The monoisotopic (exact) mass is 423 g/mol. The molecule has 24 heavy (non-hydrogen) atoms. The first-order chi connectivity index (χ1) is 9.71. The second-order valence-corrected chi connectivity index (χ2v) is 6.70. The molecule has 0 aliphatic carbocycles. The van der Waals surface area contributed by atoms with E-state index in [1.165, 1.54) is 6.42 Å². The Balaban J connectivity index is -0.000000151. The van der Waals surface area contributed by atoms with Crippen LogP contribution in [0.25, 0.3) is 0 Å². The molecule has 0 aromatic carbocycles. The normalized spacial score (nSPS) is 12.2. The molecular formula is C11H26B2CuF8N2. The molecule has 153 valence electrons. The van der Waals surface area contributed by atoms with Crippen LogP contribution in [0.2, 0.25) is 0 Å². The van der Waals surface area contributed by atoms with Crippen molar-refractivity contribution in [1.82, 2.24) is 10.6 Å². The van der Waals surface area contributed by atoms with Gasteiger partial charge >= 0.3 is 31.6 Å². The number of hydrogen-bond donors (Lipinski definition) is 2. The third kappa shape index (κ3) is 97.0. The molecule has 0 atom stereocenters. The van der Waals surface area contributed by atoms with E-state index in [4.69, 9.17) is 0 Å². The molecule has 0 saturated heterocycles. The van der Waals surface area contributed by atoms with Crippen molar-refractivity contribution in [2.75, 3.05) is 13.1 Å². The summed E-state index contributed by atoms with van der Waals surface area (Å²) in [7, 11) is -12.0. The van der Waals surface area contributed by atoms with Crippen LogP contribution in [0.5, 0.6) is 0 Å². The van der Waals surface area contributed by atoms with E-state index in [1.54, 1.807) is 0 Å². The maximum atomic E-state index is 9.75. The Morgan fingerprint density at radius 1 is 0.583 bits per heavy atom. The summed E-state index contributed by atoms with van der Waals surface area (Å²) in [5.41, 5.74) is 0.503. The molecule has 0 aromatic rings. The Hall–Kier alpha value is 0.00935. The van der Waals surface area contributed by atoms with Crippen molar-refractivity contribution >= 4 is 14.5 Å². The molecule has 0 aliphatic rings. The first kappa shape index (κ1) is 31.7. The van der Waals surface area contributed by atoms with Gasteiger partial charge in [0.25, 0.3) is 0 Å². The second kappa shape index (κ2) is 13.2. The van der Waals surface area contributed by atoms with E-state index in [2.05, 4.69) is 52.2 Å². The van der Waals surface area contributed by atoms with Crippen LogP contribution in [-0.2, 0) is 17.1 Å². The molecule has 0 spiro atoms. The summed E-state index contributed by atoms with van der Waals surface area (Å²) in [6.45, 7) is 15.4. The molecule has 0 unspecified atom stereocenters. The van der Waals surface area contributed by atoms with Crippen LogP contribution < -0.4 is 10.6 Å². The first-order valence-corrected chi connectivity index (χ1v) is 6.95. The Labute approximate surface area is 149 Å². The Kier molecular flexibility index (Phi) is 17.5. The van der Waals surface area contributed by atoms with Crippen molar-refractivity contribution in [2.45, 2.75) is 59.0 Å². The van der Waals surface area contributed by atoms with E-state index in [-0.39, 0.29) is 28.1 Å². The zero-order chi connectivity index (χ0) is 19.5. The Bertz CT molecular complexity index is 248. The third-order valence-corrected chi connectivity index (χ3v) is 1.66. The molecule has 13 heteroatoms. The summed E-state index contributed by atoms with van der Waals surface area (Å²) >= 11 is 0. The Morgan fingerprint density at radius 2 is 0.750 bits per heavy atom. The molecule has 2 N–H and O–H groups in total. The Morgan fingerprint density at radius 3 is 0.875 bits per heavy atom. The van der Waals surface area contributed by atoms with Crippen molar-refractivity contribution in [3.8, 4) is 0 Å². The number of halogens is 8. The van der Waals surface area contributed by atoms with Gasteiger partial charge in [-0.3, -0.25) is 0 Å². The van der Waals surface area contributed by atoms with Crippen molar-refractivity contribution in [2.24, 2.45) is 0 Å². The minimum absolute atomic E-state index is 0. The standard InChI is InChI=1S/C11H26N2.2BF4.Cu/c1-10(2,3)12-8-7-9-13-11(4,5)6;2*2-1(3,4)5;/h12-13H,7-9H2,1-6H3;;;/q;2*-1;+2. The van der Waals surface area contributed by atoms with Crippen molar-refractivity contribution in [3.63, 3.8) is 0 Å². The molecule has 0 heterocycles. The predicted octanol–water partition coefficient (Wildman–Crippen LogP) is 4.75. The maximum absolute atomic E-state index is 9.75. The van der Waals surface area contributed by atoms with E-state index < -0.39 is 14.5 Å². The van der Waals surface area contributed by atoms with Crippen molar-refractivity contribution in [1.29, 1.82) is 0 Å². The van der Waals surface area contributed by atoms with Gasteiger partial charge in [0, 0.05) is 11.1 Å². The quantitative estimate of drug-likeness (QED) is 0.387. The number of rotatable bonds is 4. The second-order valence-electron chi connectivity index (χ2n) is 6.70. The van der Waals surface area contributed by atoms with Gasteiger partial charge in [-0.15, -0.1) is 0 Å². The van der Waals surface area contributed by atoms with Gasteiger partial charge < -0.3 is 45.2 Å². The zero-order valence-corrected chi connectivity index (χ0v) is 15.5. The van der Waals surface area contributed by atoms with Gasteiger partial charge in [0.1, 0.15) is 0 Å². The van der Waals surface area contributed by atoms with Gasteiger partial charge in [-0.25, -0.2) is 0 Å². The van der Waals surface area contributed by atoms with Gasteiger partial charge in [0.2, 0.25) is 0 Å². The first-order valence-electron chi connectivity index (χ1n) is 6.95. The molecule has 1 radical (unpaired) electrons. The summed E-state index contributed by atoms with van der Waals surface area (Å²) < 4.78 is 78.0. The van der Waals surface area contributed by atoms with Crippen LogP contribution in [0.4, 0.5) is 34.5 Å². The van der Waals surface area contributed by atoms with Crippen LogP contribution in [0.1, 0.15) is 48.0 Å². The van der Waals surface area contributed by atoms with Crippen LogP contribution in [0, 0.1) is 0 Å². The van der Waals surface area contributed by atoms with Crippen LogP contribution in [-0.4, -0.2) is 38.7 Å². The SMILES string of the molecule is CC(C)(C)NCCCNC(C)(C)C.F[B-](F)(F)F.F[B-](F)(F)F.[Cu+2].